The van der Waals surface area contributed by atoms with Gasteiger partial charge >= 0.3 is 5.97 Å². The third kappa shape index (κ3) is 6.08. The van der Waals surface area contributed by atoms with Crippen LogP contribution in [0.3, 0.4) is 0 Å². The van der Waals surface area contributed by atoms with Gasteiger partial charge in [-0.25, -0.2) is 9.79 Å². The molecular weight excluding hydrogens is 646 g/mol. The number of carbonyl (C=O) groups is 1. The van der Waals surface area contributed by atoms with Crippen molar-refractivity contribution in [3.05, 3.63) is 134 Å². The van der Waals surface area contributed by atoms with Crippen LogP contribution < -0.4 is 19.6 Å². The number of aromatic nitrogens is 1. The van der Waals surface area contributed by atoms with E-state index in [-0.39, 0.29) is 24.5 Å². The molecule has 0 fully saturated rings. The summed E-state index contributed by atoms with van der Waals surface area (Å²) in [5.74, 6) is 0.0469. The van der Waals surface area contributed by atoms with Gasteiger partial charge in [-0.3, -0.25) is 19.5 Å². The van der Waals surface area contributed by atoms with Crippen molar-refractivity contribution < 1.29 is 19.2 Å². The summed E-state index contributed by atoms with van der Waals surface area (Å²) in [6.07, 6.45) is 1.76. The Balaban J connectivity index is 1.47. The number of non-ortho nitro benzene ring substituents is 1. The van der Waals surface area contributed by atoms with Gasteiger partial charge in [-0.05, 0) is 88.9 Å². The Labute approximate surface area is 257 Å². The van der Waals surface area contributed by atoms with Gasteiger partial charge in [-0.1, -0.05) is 41.1 Å². The van der Waals surface area contributed by atoms with Crippen LogP contribution >= 0.6 is 38.9 Å². The molecule has 3 aromatic carbocycles. The number of fused-ring (bicyclic) bond motifs is 1. The summed E-state index contributed by atoms with van der Waals surface area (Å²) in [5, 5.41) is 11.4. The van der Waals surface area contributed by atoms with Crippen LogP contribution in [0.1, 0.15) is 36.6 Å². The third-order valence-corrected chi connectivity index (χ3v) is 8.35. The number of nitro benzene ring substituents is 1. The van der Waals surface area contributed by atoms with E-state index in [0.717, 1.165) is 11.1 Å². The molecule has 4 aromatic rings. The fraction of sp³-hybridized carbons (Fsp3) is 0.167. The van der Waals surface area contributed by atoms with E-state index in [1.807, 2.05) is 12.1 Å². The van der Waals surface area contributed by atoms with Crippen LogP contribution in [0, 0.1) is 10.1 Å². The van der Waals surface area contributed by atoms with E-state index < -0.39 is 16.9 Å². The van der Waals surface area contributed by atoms with Crippen molar-refractivity contribution in [2.24, 2.45) is 4.99 Å². The predicted octanol–water partition coefficient (Wildman–Crippen LogP) is 5.70. The van der Waals surface area contributed by atoms with Crippen LogP contribution in [-0.4, -0.2) is 22.1 Å². The molecule has 0 aliphatic carbocycles. The lowest BCUT2D eigenvalue weighted by Crippen LogP contribution is -2.39. The molecule has 1 atom stereocenters. The van der Waals surface area contributed by atoms with Gasteiger partial charge in [0, 0.05) is 17.2 Å². The summed E-state index contributed by atoms with van der Waals surface area (Å²) in [6, 6.07) is 17.9. The predicted molar refractivity (Wildman–Crippen MR) is 163 cm³/mol. The molecule has 0 amide bonds. The number of carbonyl (C=O) groups excluding carboxylic acids is 1. The molecule has 1 aliphatic rings. The quantitative estimate of drug-likeness (QED) is 0.135. The molecule has 1 aliphatic heterocycles. The molecule has 1 aromatic heterocycles. The highest BCUT2D eigenvalue weighted by Crippen LogP contribution is 2.31. The maximum atomic E-state index is 13.8. The molecular formula is C30H23BrClN3O6S. The SMILES string of the molecule is CCOC(=O)C1=C(C)N=c2s/c(=C\c3ccc(OCc4ccc([N+](=O)[O-])cc4)c(Br)c3)c(=O)n2[C@H]1c1ccc(Cl)cc1. The lowest BCUT2D eigenvalue weighted by Gasteiger charge is -2.24. The molecule has 214 valence electrons. The maximum absolute atomic E-state index is 13.8. The molecule has 0 saturated heterocycles. The van der Waals surface area contributed by atoms with Gasteiger partial charge in [-0.2, -0.15) is 0 Å². The van der Waals surface area contributed by atoms with E-state index in [0.29, 0.717) is 41.4 Å². The molecule has 2 heterocycles. The highest BCUT2D eigenvalue weighted by atomic mass is 79.9. The van der Waals surface area contributed by atoms with Crippen LogP contribution in [0.25, 0.3) is 6.08 Å². The average Bonchev–Trinajstić information content (AvgIpc) is 3.26. The fourth-order valence-corrected chi connectivity index (χ4v) is 6.19. The van der Waals surface area contributed by atoms with Crippen LogP contribution in [0.5, 0.6) is 5.75 Å². The Bertz CT molecular complexity index is 1900. The number of ether oxygens (including phenoxy) is 2. The van der Waals surface area contributed by atoms with Crippen molar-refractivity contribution in [3.63, 3.8) is 0 Å². The number of hydrogen-bond acceptors (Lipinski definition) is 8. The second-order valence-corrected chi connectivity index (χ2v) is 11.6. The van der Waals surface area contributed by atoms with Crippen LogP contribution in [0.2, 0.25) is 5.02 Å². The molecule has 12 heteroatoms. The molecule has 5 rings (SSSR count). The van der Waals surface area contributed by atoms with E-state index in [1.165, 1.54) is 28.0 Å². The summed E-state index contributed by atoms with van der Waals surface area (Å²) in [7, 11) is 0. The Morgan fingerprint density at radius 1 is 1.17 bits per heavy atom. The first-order chi connectivity index (χ1) is 20.2. The first kappa shape index (κ1) is 29.4. The number of nitro groups is 1. The molecule has 42 heavy (non-hydrogen) atoms. The Hall–Kier alpha value is -4.06. The number of thiazole rings is 1. The second kappa shape index (κ2) is 12.4. The van der Waals surface area contributed by atoms with Crippen LogP contribution in [0.15, 0.2) is 92.3 Å². The minimum atomic E-state index is -0.721. The zero-order valence-corrected chi connectivity index (χ0v) is 25.5. The summed E-state index contributed by atoms with van der Waals surface area (Å²) in [6.45, 7) is 3.88. The highest BCUT2D eigenvalue weighted by Gasteiger charge is 2.33. The maximum Gasteiger partial charge on any atom is 0.338 e. The van der Waals surface area contributed by atoms with Gasteiger partial charge < -0.3 is 9.47 Å². The van der Waals surface area contributed by atoms with Crippen molar-refractivity contribution >= 4 is 56.6 Å². The molecule has 0 bridgehead atoms. The topological polar surface area (TPSA) is 113 Å². The number of hydrogen-bond donors (Lipinski definition) is 0. The second-order valence-electron chi connectivity index (χ2n) is 9.26. The molecule has 0 unspecified atom stereocenters. The zero-order valence-electron chi connectivity index (χ0n) is 22.4. The summed E-state index contributed by atoms with van der Waals surface area (Å²) in [5.41, 5.74) is 2.75. The number of allylic oxidation sites excluding steroid dienone is 1. The number of rotatable bonds is 8. The van der Waals surface area contributed by atoms with Crippen LogP contribution in [-0.2, 0) is 16.1 Å². The molecule has 9 nitrogen and oxygen atoms in total. The van der Waals surface area contributed by atoms with Crippen molar-refractivity contribution in [3.8, 4) is 5.75 Å². The van der Waals surface area contributed by atoms with Crippen molar-refractivity contribution in [2.45, 2.75) is 26.5 Å². The Kier molecular flexibility index (Phi) is 8.72. The first-order valence-corrected chi connectivity index (χ1v) is 14.8. The van der Waals surface area contributed by atoms with E-state index in [1.54, 1.807) is 62.4 Å². The monoisotopic (exact) mass is 667 g/mol. The summed E-state index contributed by atoms with van der Waals surface area (Å²) in [4.78, 5) is 42.3. The zero-order chi connectivity index (χ0) is 30.0. The van der Waals surface area contributed by atoms with Gasteiger partial charge in [0.2, 0.25) is 0 Å². The van der Waals surface area contributed by atoms with Gasteiger partial charge in [0.25, 0.3) is 11.2 Å². The van der Waals surface area contributed by atoms with E-state index in [4.69, 9.17) is 21.1 Å². The minimum absolute atomic E-state index is 0.0151. The fourth-order valence-electron chi connectivity index (χ4n) is 4.50. The smallest absolute Gasteiger partial charge is 0.338 e. The van der Waals surface area contributed by atoms with E-state index in [2.05, 4.69) is 20.9 Å². The number of halogens is 2. The van der Waals surface area contributed by atoms with E-state index >= 15 is 0 Å². The molecule has 0 N–H and O–H groups in total. The minimum Gasteiger partial charge on any atom is -0.488 e. The first-order valence-electron chi connectivity index (χ1n) is 12.8. The van der Waals surface area contributed by atoms with Crippen molar-refractivity contribution in [1.82, 2.24) is 4.57 Å². The normalized spacial score (nSPS) is 14.8. The third-order valence-electron chi connectivity index (χ3n) is 6.50. The Morgan fingerprint density at radius 3 is 2.52 bits per heavy atom. The standard InChI is InChI=1S/C30H23BrClN3O6S/c1-3-40-29(37)26-17(2)33-30-34(27(26)20-7-9-21(32)10-8-20)28(36)25(42-30)15-19-6-13-24(23(31)14-19)41-16-18-4-11-22(12-5-18)35(38)39/h4-15,27H,3,16H2,1-2H3/b25-15-/t27-/m0/s1. The summed E-state index contributed by atoms with van der Waals surface area (Å²) < 4.78 is 13.9. The lowest BCUT2D eigenvalue weighted by atomic mass is 9.96. The average molecular weight is 669 g/mol. The summed E-state index contributed by atoms with van der Waals surface area (Å²) >= 11 is 10.9. The number of nitrogens with zero attached hydrogens (tertiary/aromatic N) is 3. The van der Waals surface area contributed by atoms with Crippen molar-refractivity contribution in [2.75, 3.05) is 6.61 Å². The van der Waals surface area contributed by atoms with E-state index in [9.17, 15) is 19.7 Å². The highest BCUT2D eigenvalue weighted by molar-refractivity contribution is 9.10. The van der Waals surface area contributed by atoms with Crippen LogP contribution in [0.4, 0.5) is 5.69 Å². The lowest BCUT2D eigenvalue weighted by molar-refractivity contribution is -0.384. The number of benzene rings is 3. The Morgan fingerprint density at radius 2 is 1.88 bits per heavy atom. The van der Waals surface area contributed by atoms with Gasteiger partial charge in [0.15, 0.2) is 4.80 Å². The van der Waals surface area contributed by atoms with Gasteiger partial charge in [0.05, 0.1) is 37.8 Å². The van der Waals surface area contributed by atoms with Crippen molar-refractivity contribution in [1.29, 1.82) is 0 Å². The van der Waals surface area contributed by atoms with Gasteiger partial charge in [0.1, 0.15) is 12.4 Å². The molecule has 0 saturated carbocycles. The largest absolute Gasteiger partial charge is 0.488 e. The number of esters is 1. The molecule has 0 radical (unpaired) electrons. The van der Waals surface area contributed by atoms with Gasteiger partial charge in [-0.15, -0.1) is 0 Å². The molecule has 0 spiro atoms.